The lowest BCUT2D eigenvalue weighted by molar-refractivity contribution is 0.485. The zero-order chi connectivity index (χ0) is 13.9. The maximum atomic E-state index is 9.09. The van der Waals surface area contributed by atoms with Gasteiger partial charge in [-0.05, 0) is 36.4 Å². The number of aromatic nitrogens is 1. The summed E-state index contributed by atoms with van der Waals surface area (Å²) in [6.45, 7) is 0. The molecule has 2 aromatic carbocycles. The fourth-order valence-electron chi connectivity index (χ4n) is 2.02. The second-order valence-corrected chi connectivity index (χ2v) is 4.26. The maximum absolute atomic E-state index is 9.09. The fourth-order valence-corrected chi connectivity index (χ4v) is 2.02. The van der Waals surface area contributed by atoms with E-state index in [-0.39, 0.29) is 0 Å². The molecule has 1 aromatic heterocycles. The first-order valence-corrected chi connectivity index (χ1v) is 6.10. The van der Waals surface area contributed by atoms with E-state index in [0.29, 0.717) is 28.3 Å². The van der Waals surface area contributed by atoms with Gasteiger partial charge in [-0.15, -0.1) is 0 Å². The molecule has 0 atom stereocenters. The Morgan fingerprint density at radius 1 is 1.00 bits per heavy atom. The van der Waals surface area contributed by atoms with E-state index in [1.165, 1.54) is 0 Å². The van der Waals surface area contributed by atoms with Crippen LogP contribution in [-0.4, -0.2) is 4.98 Å². The Morgan fingerprint density at radius 3 is 2.70 bits per heavy atom. The van der Waals surface area contributed by atoms with Crippen LogP contribution >= 0.6 is 0 Å². The number of fused-ring (bicyclic) bond motifs is 1. The highest BCUT2D eigenvalue weighted by atomic mass is 16.5. The molecule has 0 aliphatic heterocycles. The van der Waals surface area contributed by atoms with E-state index in [4.69, 9.17) is 15.7 Å². The number of nitriles is 1. The Labute approximate surface area is 116 Å². The summed E-state index contributed by atoms with van der Waals surface area (Å²) in [6, 6.07) is 16.4. The summed E-state index contributed by atoms with van der Waals surface area (Å²) in [6.07, 6.45) is 1.69. The van der Waals surface area contributed by atoms with Gasteiger partial charge in [-0.25, -0.2) is 0 Å². The molecular formula is C16H11N3O. The van der Waals surface area contributed by atoms with Crippen molar-refractivity contribution < 1.29 is 4.74 Å². The average Bonchev–Trinajstić information content (AvgIpc) is 2.51. The topological polar surface area (TPSA) is 71.9 Å². The molecule has 0 bridgehead atoms. The van der Waals surface area contributed by atoms with E-state index >= 15 is 0 Å². The molecule has 0 saturated heterocycles. The molecule has 96 valence electrons. The van der Waals surface area contributed by atoms with E-state index in [9.17, 15) is 0 Å². The van der Waals surface area contributed by atoms with Crippen molar-refractivity contribution in [1.29, 1.82) is 5.26 Å². The summed E-state index contributed by atoms with van der Waals surface area (Å²) < 4.78 is 5.83. The summed E-state index contributed by atoms with van der Waals surface area (Å²) in [5.74, 6) is 1.09. The molecule has 3 rings (SSSR count). The lowest BCUT2D eigenvalue weighted by atomic mass is 10.1. The van der Waals surface area contributed by atoms with Crippen LogP contribution in [0.2, 0.25) is 0 Å². The molecule has 0 fully saturated rings. The smallest absolute Gasteiger partial charge is 0.153 e. The number of hydrogen-bond acceptors (Lipinski definition) is 4. The van der Waals surface area contributed by atoms with Crippen molar-refractivity contribution >= 4 is 16.6 Å². The normalized spacial score (nSPS) is 10.2. The molecule has 0 amide bonds. The Morgan fingerprint density at radius 2 is 1.85 bits per heavy atom. The van der Waals surface area contributed by atoms with Gasteiger partial charge in [0.15, 0.2) is 5.75 Å². The van der Waals surface area contributed by atoms with Crippen LogP contribution in [-0.2, 0) is 0 Å². The highest BCUT2D eigenvalue weighted by Crippen LogP contribution is 2.32. The van der Waals surface area contributed by atoms with Crippen LogP contribution in [0.5, 0.6) is 11.5 Å². The number of ether oxygens (including phenoxy) is 1. The molecule has 4 heteroatoms. The number of nitrogens with two attached hydrogens (primary N) is 1. The van der Waals surface area contributed by atoms with Gasteiger partial charge in [0.05, 0.1) is 5.56 Å². The van der Waals surface area contributed by atoms with Gasteiger partial charge in [0, 0.05) is 17.3 Å². The minimum absolute atomic E-state index is 0.480. The van der Waals surface area contributed by atoms with Crippen LogP contribution in [0.1, 0.15) is 5.56 Å². The zero-order valence-corrected chi connectivity index (χ0v) is 10.6. The Kier molecular flexibility index (Phi) is 2.94. The van der Waals surface area contributed by atoms with Crippen LogP contribution in [0, 0.1) is 11.3 Å². The molecule has 0 spiro atoms. The summed E-state index contributed by atoms with van der Waals surface area (Å²) in [5.41, 5.74) is 7.73. The van der Waals surface area contributed by atoms with Crippen molar-refractivity contribution in [2.45, 2.75) is 0 Å². The summed E-state index contributed by atoms with van der Waals surface area (Å²) in [4.78, 5) is 4.31. The molecule has 0 radical (unpaired) electrons. The van der Waals surface area contributed by atoms with Crippen LogP contribution < -0.4 is 10.5 Å². The SMILES string of the molecule is N#Cc1ccccc1Oc1ccc(N)c2cccnc12. The Balaban J connectivity index is 2.12. The lowest BCUT2D eigenvalue weighted by Crippen LogP contribution is -1.93. The molecule has 2 N–H and O–H groups in total. The number of pyridine rings is 1. The van der Waals surface area contributed by atoms with Gasteiger partial charge in [0.1, 0.15) is 17.3 Å². The van der Waals surface area contributed by atoms with Gasteiger partial charge in [-0.2, -0.15) is 5.26 Å². The second kappa shape index (κ2) is 4.90. The molecule has 3 aromatic rings. The third kappa shape index (κ3) is 2.02. The first-order chi connectivity index (χ1) is 9.79. The van der Waals surface area contributed by atoms with Crippen LogP contribution in [0.3, 0.4) is 0 Å². The van der Waals surface area contributed by atoms with Crippen molar-refractivity contribution in [1.82, 2.24) is 4.98 Å². The Hall–Kier alpha value is -3.06. The van der Waals surface area contributed by atoms with Gasteiger partial charge < -0.3 is 10.5 Å². The van der Waals surface area contributed by atoms with Gasteiger partial charge >= 0.3 is 0 Å². The first kappa shape index (κ1) is 12.0. The van der Waals surface area contributed by atoms with Gasteiger partial charge in [0.2, 0.25) is 0 Å². The minimum Gasteiger partial charge on any atom is -0.454 e. The van der Waals surface area contributed by atoms with Gasteiger partial charge in [0.25, 0.3) is 0 Å². The monoisotopic (exact) mass is 261 g/mol. The van der Waals surface area contributed by atoms with Crippen molar-refractivity contribution in [3.05, 3.63) is 60.3 Å². The molecule has 0 aliphatic rings. The number of hydrogen-bond donors (Lipinski definition) is 1. The van der Waals surface area contributed by atoms with Gasteiger partial charge in [-0.1, -0.05) is 12.1 Å². The molecule has 1 heterocycles. The van der Waals surface area contributed by atoms with E-state index in [0.717, 1.165) is 5.39 Å². The van der Waals surface area contributed by atoms with Crippen molar-refractivity contribution in [2.75, 3.05) is 5.73 Å². The third-order valence-electron chi connectivity index (χ3n) is 2.99. The van der Waals surface area contributed by atoms with Gasteiger partial charge in [-0.3, -0.25) is 4.98 Å². The largest absolute Gasteiger partial charge is 0.454 e. The van der Waals surface area contributed by atoms with E-state index in [1.807, 2.05) is 18.2 Å². The van der Waals surface area contributed by atoms with Crippen LogP contribution in [0.15, 0.2) is 54.7 Å². The highest BCUT2D eigenvalue weighted by Gasteiger charge is 2.09. The predicted molar refractivity (Wildman–Crippen MR) is 77.4 cm³/mol. The van der Waals surface area contributed by atoms with E-state index < -0.39 is 0 Å². The number of benzene rings is 2. The van der Waals surface area contributed by atoms with Crippen LogP contribution in [0.25, 0.3) is 10.9 Å². The average molecular weight is 261 g/mol. The first-order valence-electron chi connectivity index (χ1n) is 6.10. The standard InChI is InChI=1S/C16H11N3O/c17-10-11-4-1-2-6-14(11)20-15-8-7-13(18)12-5-3-9-19-16(12)15/h1-9H,18H2. The molecule has 0 saturated carbocycles. The van der Waals surface area contributed by atoms with E-state index in [1.54, 1.807) is 36.5 Å². The summed E-state index contributed by atoms with van der Waals surface area (Å²) in [5, 5.41) is 9.92. The zero-order valence-electron chi connectivity index (χ0n) is 10.6. The summed E-state index contributed by atoms with van der Waals surface area (Å²) >= 11 is 0. The van der Waals surface area contributed by atoms with E-state index in [2.05, 4.69) is 11.1 Å². The Bertz CT molecular complexity index is 821. The van der Waals surface area contributed by atoms with Crippen molar-refractivity contribution in [3.63, 3.8) is 0 Å². The van der Waals surface area contributed by atoms with Crippen molar-refractivity contribution in [3.8, 4) is 17.6 Å². The predicted octanol–water partition coefficient (Wildman–Crippen LogP) is 3.48. The molecule has 0 unspecified atom stereocenters. The third-order valence-corrected chi connectivity index (χ3v) is 2.99. The summed E-state index contributed by atoms with van der Waals surface area (Å²) in [7, 11) is 0. The maximum Gasteiger partial charge on any atom is 0.153 e. The lowest BCUT2D eigenvalue weighted by Gasteiger charge is -2.10. The number of nitrogens with zero attached hydrogens (tertiary/aromatic N) is 2. The number of anilines is 1. The minimum atomic E-state index is 0.480. The number of para-hydroxylation sites is 1. The van der Waals surface area contributed by atoms with Crippen molar-refractivity contribution in [2.24, 2.45) is 0 Å². The molecule has 4 nitrogen and oxygen atoms in total. The number of rotatable bonds is 2. The number of nitrogen functional groups attached to an aromatic ring is 1. The quantitative estimate of drug-likeness (QED) is 0.717. The highest BCUT2D eigenvalue weighted by molar-refractivity contribution is 5.94. The fraction of sp³-hybridized carbons (Fsp3) is 0. The molecule has 0 aliphatic carbocycles. The second-order valence-electron chi connectivity index (χ2n) is 4.26. The van der Waals surface area contributed by atoms with Crippen LogP contribution in [0.4, 0.5) is 5.69 Å². The molecule has 20 heavy (non-hydrogen) atoms. The molecular weight excluding hydrogens is 250 g/mol.